The second kappa shape index (κ2) is 7.62. The van der Waals surface area contributed by atoms with Crippen LogP contribution in [0.5, 0.6) is 0 Å². The quantitative estimate of drug-likeness (QED) is 0.721. The average molecular weight is 398 g/mol. The first kappa shape index (κ1) is 19.0. The number of carbonyl (C=O) groups excluding carboxylic acids is 1. The number of carbonyl (C=O) groups is 1. The summed E-state index contributed by atoms with van der Waals surface area (Å²) in [5, 5.41) is 0.427. The predicted molar refractivity (Wildman–Crippen MR) is 106 cm³/mol. The fraction of sp³-hybridized carbons (Fsp3) is 0.286. The molecular weight excluding hydrogens is 378 g/mol. The monoisotopic (exact) mass is 398 g/mol. The number of nitrogens with one attached hydrogen (secondary N) is 1. The normalized spacial score (nSPS) is 14.9. The number of anilines is 1. The molecule has 2 aromatic carbocycles. The molecule has 1 N–H and O–H groups in total. The Morgan fingerprint density at radius 2 is 1.93 bits per heavy atom. The van der Waals surface area contributed by atoms with Crippen molar-refractivity contribution >= 4 is 22.5 Å². The lowest BCUT2D eigenvalue weighted by Gasteiger charge is -2.24. The number of aryl methyl sites for hydroxylation is 1. The van der Waals surface area contributed by atoms with Crippen molar-refractivity contribution in [3.05, 3.63) is 69.8 Å². The van der Waals surface area contributed by atoms with E-state index in [-0.39, 0.29) is 17.2 Å². The molecule has 0 unspecified atom stereocenters. The van der Waals surface area contributed by atoms with Gasteiger partial charge in [-0.1, -0.05) is 6.07 Å². The Morgan fingerprint density at radius 3 is 2.76 bits per heavy atom. The molecule has 0 atom stereocenters. The third kappa shape index (κ3) is 3.70. The van der Waals surface area contributed by atoms with Crippen LogP contribution >= 0.6 is 0 Å². The Balaban J connectivity index is 1.55. The van der Waals surface area contributed by atoms with E-state index in [2.05, 4.69) is 9.97 Å². The van der Waals surface area contributed by atoms with Crippen molar-refractivity contribution in [2.45, 2.75) is 13.3 Å². The molecule has 1 saturated heterocycles. The molecule has 1 fully saturated rings. The number of H-pyrrole nitrogens is 1. The van der Waals surface area contributed by atoms with Gasteiger partial charge in [-0.05, 0) is 43.7 Å². The van der Waals surface area contributed by atoms with Crippen LogP contribution in [0.25, 0.3) is 10.9 Å². The molecule has 0 bridgehead atoms. The molecule has 1 amide bonds. The van der Waals surface area contributed by atoms with E-state index in [0.29, 0.717) is 54.9 Å². The van der Waals surface area contributed by atoms with E-state index in [1.54, 1.807) is 41.0 Å². The van der Waals surface area contributed by atoms with Crippen LogP contribution in [0.1, 0.15) is 22.6 Å². The minimum atomic E-state index is -0.881. The van der Waals surface area contributed by atoms with Gasteiger partial charge < -0.3 is 14.8 Å². The lowest BCUT2D eigenvalue weighted by molar-refractivity contribution is 0.0767. The molecule has 2 heterocycles. The van der Waals surface area contributed by atoms with Crippen LogP contribution in [-0.4, -0.2) is 47.0 Å². The van der Waals surface area contributed by atoms with Gasteiger partial charge in [0.1, 0.15) is 5.82 Å². The zero-order chi connectivity index (χ0) is 20.5. The van der Waals surface area contributed by atoms with Crippen LogP contribution in [0, 0.1) is 18.6 Å². The summed E-state index contributed by atoms with van der Waals surface area (Å²) in [4.78, 5) is 35.4. The maximum absolute atomic E-state index is 14.1. The van der Waals surface area contributed by atoms with Gasteiger partial charge in [0.05, 0.1) is 16.6 Å². The number of aromatic nitrogens is 2. The smallest absolute Gasteiger partial charge is 0.258 e. The minimum absolute atomic E-state index is 0.173. The van der Waals surface area contributed by atoms with Crippen LogP contribution in [0.15, 0.2) is 41.2 Å². The van der Waals surface area contributed by atoms with Crippen LogP contribution in [0.4, 0.5) is 14.5 Å². The summed E-state index contributed by atoms with van der Waals surface area (Å²) in [6.45, 7) is 3.50. The van der Waals surface area contributed by atoms with Crippen molar-refractivity contribution in [3.8, 4) is 0 Å². The van der Waals surface area contributed by atoms with Gasteiger partial charge in [0.25, 0.3) is 11.5 Å². The molecule has 150 valence electrons. The largest absolute Gasteiger partial charge is 0.367 e. The topological polar surface area (TPSA) is 69.3 Å². The highest BCUT2D eigenvalue weighted by molar-refractivity contribution is 5.97. The third-order valence-corrected chi connectivity index (χ3v) is 5.13. The van der Waals surface area contributed by atoms with Crippen molar-refractivity contribution in [1.29, 1.82) is 0 Å². The van der Waals surface area contributed by atoms with E-state index in [1.165, 1.54) is 6.07 Å². The van der Waals surface area contributed by atoms with Gasteiger partial charge in [-0.3, -0.25) is 9.59 Å². The molecule has 1 aliphatic rings. The van der Waals surface area contributed by atoms with Crippen molar-refractivity contribution in [2.75, 3.05) is 31.1 Å². The number of rotatable bonds is 2. The van der Waals surface area contributed by atoms with Crippen LogP contribution in [0.2, 0.25) is 0 Å². The predicted octanol–water partition coefficient (Wildman–Crippen LogP) is 2.86. The summed E-state index contributed by atoms with van der Waals surface area (Å²) in [6, 6.07) is 8.95. The zero-order valence-electron chi connectivity index (χ0n) is 15.9. The molecule has 6 nitrogen and oxygen atoms in total. The Bertz CT molecular complexity index is 1150. The fourth-order valence-electron chi connectivity index (χ4n) is 3.67. The number of hydrogen-bond acceptors (Lipinski definition) is 4. The summed E-state index contributed by atoms with van der Waals surface area (Å²) >= 11 is 0. The molecule has 0 radical (unpaired) electrons. The van der Waals surface area contributed by atoms with E-state index >= 15 is 0 Å². The maximum Gasteiger partial charge on any atom is 0.258 e. The first-order valence-corrected chi connectivity index (χ1v) is 9.43. The number of benzene rings is 2. The highest BCUT2D eigenvalue weighted by Gasteiger charge is 2.23. The van der Waals surface area contributed by atoms with Crippen LogP contribution < -0.4 is 10.5 Å². The number of nitrogens with zero attached hydrogens (tertiary/aromatic N) is 3. The molecule has 3 aromatic rings. The van der Waals surface area contributed by atoms with E-state index in [4.69, 9.17) is 0 Å². The number of hydrogen-bond donors (Lipinski definition) is 1. The Hall–Kier alpha value is -3.29. The number of fused-ring (bicyclic) bond motifs is 1. The Morgan fingerprint density at radius 1 is 1.10 bits per heavy atom. The molecule has 0 aliphatic carbocycles. The first-order valence-electron chi connectivity index (χ1n) is 9.43. The lowest BCUT2D eigenvalue weighted by atomic mass is 10.1. The van der Waals surface area contributed by atoms with Crippen molar-refractivity contribution < 1.29 is 13.6 Å². The zero-order valence-corrected chi connectivity index (χ0v) is 15.9. The summed E-state index contributed by atoms with van der Waals surface area (Å²) in [6.07, 6.45) is 0.631. The van der Waals surface area contributed by atoms with E-state index in [9.17, 15) is 18.4 Å². The van der Waals surface area contributed by atoms with Crippen LogP contribution in [0.3, 0.4) is 0 Å². The molecule has 1 aliphatic heterocycles. The number of halogens is 2. The average Bonchev–Trinajstić information content (AvgIpc) is 2.95. The van der Waals surface area contributed by atoms with Gasteiger partial charge >= 0.3 is 0 Å². The molecule has 29 heavy (non-hydrogen) atoms. The van der Waals surface area contributed by atoms with Crippen molar-refractivity contribution in [1.82, 2.24) is 14.9 Å². The van der Waals surface area contributed by atoms with Gasteiger partial charge in [0, 0.05) is 31.7 Å². The summed E-state index contributed by atoms with van der Waals surface area (Å²) < 4.78 is 27.7. The summed E-state index contributed by atoms with van der Waals surface area (Å²) in [5.74, 6) is -1.44. The molecular formula is C21H20F2N4O2. The van der Waals surface area contributed by atoms with Gasteiger partial charge in [0.2, 0.25) is 0 Å². The second-order valence-electron chi connectivity index (χ2n) is 7.09. The molecule has 1 aromatic heterocycles. The Kier molecular flexibility index (Phi) is 5.00. The highest BCUT2D eigenvalue weighted by atomic mass is 19.2. The minimum Gasteiger partial charge on any atom is -0.367 e. The van der Waals surface area contributed by atoms with Crippen molar-refractivity contribution in [2.24, 2.45) is 0 Å². The van der Waals surface area contributed by atoms with Gasteiger partial charge in [-0.25, -0.2) is 13.8 Å². The third-order valence-electron chi connectivity index (χ3n) is 5.13. The van der Waals surface area contributed by atoms with Crippen LogP contribution in [-0.2, 0) is 0 Å². The Labute approximate surface area is 165 Å². The van der Waals surface area contributed by atoms with Gasteiger partial charge in [0.15, 0.2) is 11.6 Å². The van der Waals surface area contributed by atoms with E-state index < -0.39 is 11.6 Å². The van der Waals surface area contributed by atoms with Crippen molar-refractivity contribution in [3.63, 3.8) is 0 Å². The summed E-state index contributed by atoms with van der Waals surface area (Å²) in [7, 11) is 0. The fourth-order valence-corrected chi connectivity index (χ4v) is 3.67. The van der Waals surface area contributed by atoms with Gasteiger partial charge in [-0.2, -0.15) is 0 Å². The molecule has 0 saturated carbocycles. The second-order valence-corrected chi connectivity index (χ2v) is 7.09. The molecule has 4 rings (SSSR count). The highest BCUT2D eigenvalue weighted by Crippen LogP contribution is 2.23. The first-order chi connectivity index (χ1) is 13.9. The van der Waals surface area contributed by atoms with E-state index in [0.717, 1.165) is 6.07 Å². The molecule has 8 heteroatoms. The maximum atomic E-state index is 14.1. The SMILES string of the molecule is Cc1nc2cc(C(=O)N3CCCN(c4cccc(F)c4F)CC3)ccc2c(=O)[nH]1. The molecule has 0 spiro atoms. The lowest BCUT2D eigenvalue weighted by Crippen LogP contribution is -2.35. The standard InChI is InChI=1S/C21H20F2N4O2/c1-13-24-17-12-14(6-7-15(17)20(28)25-13)21(29)27-9-3-8-26(10-11-27)18-5-2-4-16(22)19(18)23/h2,4-7,12H,3,8-11H2,1H3,(H,24,25,28). The van der Waals surface area contributed by atoms with E-state index in [1.807, 2.05) is 0 Å². The number of amides is 1. The van der Waals surface area contributed by atoms with Gasteiger partial charge in [-0.15, -0.1) is 0 Å². The number of aromatic amines is 1. The summed E-state index contributed by atoms with van der Waals surface area (Å²) in [5.41, 5.74) is 0.883.